The first-order valence-corrected chi connectivity index (χ1v) is 9.52. The number of aromatic nitrogens is 2. The van der Waals surface area contributed by atoms with E-state index in [4.69, 9.17) is 0 Å². The van der Waals surface area contributed by atoms with Crippen LogP contribution < -0.4 is 19.8 Å². The fraction of sp³-hybridized carbons (Fsp3) is 0.455. The summed E-state index contributed by atoms with van der Waals surface area (Å²) in [6.45, 7) is 12.4. The first-order chi connectivity index (χ1) is 12.9. The second-order valence-corrected chi connectivity index (χ2v) is 9.11. The van der Waals surface area contributed by atoms with Crippen LogP contribution in [0.3, 0.4) is 0 Å². The van der Waals surface area contributed by atoms with Crippen molar-refractivity contribution >= 4 is 11.8 Å². The molecular formula is C22H32N4O2+2. The smallest absolute Gasteiger partial charge is 0.286 e. The average molecular weight is 385 g/mol. The Hall–Kier alpha value is -2.76. The molecule has 0 aliphatic rings. The van der Waals surface area contributed by atoms with Crippen LogP contribution in [0.5, 0.6) is 0 Å². The number of carbonyl (C=O) groups excluding carboxylic acids is 2. The molecule has 0 unspecified atom stereocenters. The number of nitrogens with one attached hydrogen (secondary N) is 2. The zero-order valence-electron chi connectivity index (χ0n) is 17.7. The predicted octanol–water partition coefficient (Wildman–Crippen LogP) is 1.76. The van der Waals surface area contributed by atoms with Gasteiger partial charge in [0.2, 0.25) is 13.1 Å². The summed E-state index contributed by atoms with van der Waals surface area (Å²) in [5, 5.41) is 5.91. The lowest BCUT2D eigenvalue weighted by atomic mass is 10.1. The second kappa shape index (κ2) is 8.50. The molecule has 0 aliphatic heterocycles. The minimum Gasteiger partial charge on any atom is -0.346 e. The van der Waals surface area contributed by atoms with Gasteiger partial charge in [-0.15, -0.1) is 0 Å². The van der Waals surface area contributed by atoms with E-state index < -0.39 is 0 Å². The summed E-state index contributed by atoms with van der Waals surface area (Å²) in [4.78, 5) is 24.1. The summed E-state index contributed by atoms with van der Waals surface area (Å²) in [7, 11) is 0. The molecule has 2 amide bonds. The van der Waals surface area contributed by atoms with Gasteiger partial charge < -0.3 is 10.6 Å². The Balaban J connectivity index is 1.98. The van der Waals surface area contributed by atoms with Crippen molar-refractivity contribution in [1.82, 2.24) is 10.6 Å². The van der Waals surface area contributed by atoms with E-state index in [0.29, 0.717) is 0 Å². The van der Waals surface area contributed by atoms with Crippen LogP contribution in [0.2, 0.25) is 0 Å². The van der Waals surface area contributed by atoms with Gasteiger partial charge in [0.15, 0.2) is 24.8 Å². The molecule has 2 rings (SSSR count). The molecule has 6 nitrogen and oxygen atoms in total. The van der Waals surface area contributed by atoms with Crippen molar-refractivity contribution in [2.75, 3.05) is 0 Å². The van der Waals surface area contributed by atoms with Crippen molar-refractivity contribution in [3.05, 3.63) is 49.1 Å². The van der Waals surface area contributed by atoms with E-state index in [9.17, 15) is 9.59 Å². The van der Waals surface area contributed by atoms with Crippen LogP contribution >= 0.6 is 0 Å². The monoisotopic (exact) mass is 384 g/mol. The van der Waals surface area contributed by atoms with Crippen LogP contribution in [0.25, 0.3) is 11.1 Å². The van der Waals surface area contributed by atoms with Crippen LogP contribution in [-0.4, -0.2) is 22.9 Å². The van der Waals surface area contributed by atoms with Crippen molar-refractivity contribution in [2.45, 2.75) is 65.7 Å². The SMILES string of the molecule is CC(C)(C)NC(=O)C[n+]1ccc(-c2cc[n+](CC(=O)NC(C)(C)C)cc2)cc1. The van der Waals surface area contributed by atoms with Gasteiger partial charge in [0.05, 0.1) is 0 Å². The van der Waals surface area contributed by atoms with Crippen molar-refractivity contribution in [3.8, 4) is 11.1 Å². The van der Waals surface area contributed by atoms with Crippen LogP contribution in [0.1, 0.15) is 41.5 Å². The molecule has 2 heterocycles. The Morgan fingerprint density at radius 2 is 0.964 bits per heavy atom. The molecule has 0 bridgehead atoms. The van der Waals surface area contributed by atoms with Gasteiger partial charge in [-0.3, -0.25) is 9.59 Å². The molecular weight excluding hydrogens is 352 g/mol. The average Bonchev–Trinajstić information content (AvgIpc) is 2.52. The number of rotatable bonds is 5. The summed E-state index contributed by atoms with van der Waals surface area (Å²) >= 11 is 0. The van der Waals surface area contributed by atoms with E-state index >= 15 is 0 Å². The van der Waals surface area contributed by atoms with Gasteiger partial charge in [-0.05, 0) is 52.7 Å². The van der Waals surface area contributed by atoms with Crippen molar-refractivity contribution < 1.29 is 18.7 Å². The van der Waals surface area contributed by atoms with E-state index in [1.54, 1.807) is 0 Å². The quantitative estimate of drug-likeness (QED) is 0.772. The van der Waals surface area contributed by atoms with Gasteiger partial charge >= 0.3 is 0 Å². The number of hydrogen-bond donors (Lipinski definition) is 2. The third-order valence-corrected chi connectivity index (χ3v) is 3.80. The summed E-state index contributed by atoms with van der Waals surface area (Å²) in [5.74, 6) is -0.0286. The number of hydrogen-bond acceptors (Lipinski definition) is 2. The molecule has 28 heavy (non-hydrogen) atoms. The molecule has 150 valence electrons. The summed E-state index contributed by atoms with van der Waals surface area (Å²) in [6, 6.07) is 7.93. The number of amides is 2. The highest BCUT2D eigenvalue weighted by atomic mass is 16.2. The maximum absolute atomic E-state index is 12.0. The largest absolute Gasteiger partial charge is 0.346 e. The molecule has 2 aromatic rings. The van der Waals surface area contributed by atoms with Gasteiger partial charge in [0, 0.05) is 35.3 Å². The summed E-state index contributed by atoms with van der Waals surface area (Å²) in [6.07, 6.45) is 7.59. The third kappa shape index (κ3) is 7.47. The third-order valence-electron chi connectivity index (χ3n) is 3.80. The van der Waals surface area contributed by atoms with Gasteiger partial charge in [0.25, 0.3) is 11.8 Å². The van der Waals surface area contributed by atoms with Gasteiger partial charge in [0.1, 0.15) is 0 Å². The fourth-order valence-electron chi connectivity index (χ4n) is 2.76. The standard InChI is InChI=1S/C22H30N4O2/c1-21(2,3)23-19(27)15-25-11-7-17(8-12-25)18-9-13-26(14-10-18)16-20(28)24-22(4,5)6/h7-14H,15-16H2,1-6H3/p+2. The molecule has 0 aliphatic carbocycles. The highest BCUT2D eigenvalue weighted by Crippen LogP contribution is 2.15. The number of carbonyl (C=O) groups is 2. The van der Waals surface area contributed by atoms with Gasteiger partial charge in [-0.25, -0.2) is 0 Å². The van der Waals surface area contributed by atoms with Gasteiger partial charge in [-0.2, -0.15) is 9.13 Å². The fourth-order valence-corrected chi connectivity index (χ4v) is 2.76. The van der Waals surface area contributed by atoms with E-state index in [-0.39, 0.29) is 36.0 Å². The van der Waals surface area contributed by atoms with Gasteiger partial charge in [-0.1, -0.05) is 0 Å². The lowest BCUT2D eigenvalue weighted by Gasteiger charge is -2.19. The Labute approximate surface area is 167 Å². The van der Waals surface area contributed by atoms with Crippen molar-refractivity contribution in [1.29, 1.82) is 0 Å². The topological polar surface area (TPSA) is 66.0 Å². The highest BCUT2D eigenvalue weighted by Gasteiger charge is 2.18. The Morgan fingerprint density at radius 3 is 1.21 bits per heavy atom. The first-order valence-electron chi connectivity index (χ1n) is 9.52. The maximum Gasteiger partial charge on any atom is 0.286 e. The lowest BCUT2D eigenvalue weighted by Crippen LogP contribution is -2.48. The molecule has 0 aromatic carbocycles. The first kappa shape index (κ1) is 21.5. The van der Waals surface area contributed by atoms with Crippen LogP contribution in [0, 0.1) is 0 Å². The van der Waals surface area contributed by atoms with Crippen LogP contribution in [-0.2, 0) is 22.7 Å². The maximum atomic E-state index is 12.0. The molecule has 2 aromatic heterocycles. The van der Waals surface area contributed by atoms with E-state index in [1.807, 2.05) is 99.7 Å². The molecule has 0 saturated heterocycles. The highest BCUT2D eigenvalue weighted by molar-refractivity contribution is 5.75. The minimum atomic E-state index is -0.235. The van der Waals surface area contributed by atoms with E-state index in [0.717, 1.165) is 11.1 Å². The molecule has 0 spiro atoms. The minimum absolute atomic E-state index is 0.0143. The lowest BCUT2D eigenvalue weighted by molar-refractivity contribution is -0.684. The molecule has 0 fully saturated rings. The van der Waals surface area contributed by atoms with Crippen LogP contribution in [0.4, 0.5) is 0 Å². The van der Waals surface area contributed by atoms with Crippen molar-refractivity contribution in [3.63, 3.8) is 0 Å². The molecule has 0 saturated carbocycles. The number of nitrogens with zero attached hydrogens (tertiary/aromatic N) is 2. The molecule has 6 heteroatoms. The second-order valence-electron chi connectivity index (χ2n) is 9.11. The Bertz CT molecular complexity index is 742. The summed E-state index contributed by atoms with van der Waals surface area (Å²) in [5.41, 5.74) is 1.64. The zero-order valence-corrected chi connectivity index (χ0v) is 17.7. The normalized spacial score (nSPS) is 11.8. The molecule has 2 N–H and O–H groups in total. The zero-order chi connectivity index (χ0) is 20.9. The van der Waals surface area contributed by atoms with E-state index in [1.165, 1.54) is 0 Å². The number of pyridine rings is 2. The molecule has 0 atom stereocenters. The van der Waals surface area contributed by atoms with Crippen molar-refractivity contribution in [2.24, 2.45) is 0 Å². The van der Waals surface area contributed by atoms with Crippen LogP contribution in [0.15, 0.2) is 49.1 Å². The van der Waals surface area contributed by atoms with E-state index in [2.05, 4.69) is 10.6 Å². The predicted molar refractivity (Wildman–Crippen MR) is 108 cm³/mol. The Morgan fingerprint density at radius 1 is 0.679 bits per heavy atom. The summed E-state index contributed by atoms with van der Waals surface area (Å²) < 4.78 is 3.70. The Kier molecular flexibility index (Phi) is 6.54. The molecule has 0 radical (unpaired) electrons.